The molecule has 0 aliphatic carbocycles. The van der Waals surface area contributed by atoms with Crippen molar-refractivity contribution in [2.75, 3.05) is 25.7 Å². The number of aryl methyl sites for hydroxylation is 1. The van der Waals surface area contributed by atoms with Crippen LogP contribution in [0.15, 0.2) is 27.8 Å². The van der Waals surface area contributed by atoms with Gasteiger partial charge in [0.05, 0.1) is 19.9 Å². The summed E-state index contributed by atoms with van der Waals surface area (Å²) in [4.78, 5) is 43.4. The zero-order chi connectivity index (χ0) is 22.4. The van der Waals surface area contributed by atoms with E-state index in [9.17, 15) is 14.4 Å². The third kappa shape index (κ3) is 3.22. The van der Waals surface area contributed by atoms with E-state index in [4.69, 9.17) is 14.6 Å². The second-order valence-electron chi connectivity index (χ2n) is 7.57. The zero-order valence-corrected chi connectivity index (χ0v) is 17.7. The number of rotatable bonds is 5. The number of aromatic nitrogens is 4. The minimum absolute atomic E-state index is 0.140. The van der Waals surface area contributed by atoms with Crippen molar-refractivity contribution in [3.05, 3.63) is 39.0 Å². The lowest BCUT2D eigenvalue weighted by atomic mass is 10.1. The summed E-state index contributed by atoms with van der Waals surface area (Å²) in [5, 5.41) is 9.14. The molecule has 164 valence electrons. The lowest BCUT2D eigenvalue weighted by Gasteiger charge is -2.33. The average Bonchev–Trinajstić information content (AvgIpc) is 3.13. The van der Waals surface area contributed by atoms with Gasteiger partial charge in [-0.25, -0.2) is 9.36 Å². The summed E-state index contributed by atoms with van der Waals surface area (Å²) in [6.45, 7) is 2.44. The largest absolute Gasteiger partial charge is 0.497 e. The van der Waals surface area contributed by atoms with Crippen LogP contribution in [0.1, 0.15) is 6.92 Å². The molecule has 3 aromatic rings. The Morgan fingerprint density at radius 2 is 1.97 bits per heavy atom. The Kier molecular flexibility index (Phi) is 4.96. The molecule has 0 fully saturated rings. The number of carboxylic acids is 1. The molecule has 0 amide bonds. The SMILES string of the molecule is COc1ccc(N2CC(C)Cn3c2nc2c3c(=O)n(CC(=O)O)c(=O)n2C)c(OC)c1. The average molecular weight is 429 g/mol. The molecule has 0 bridgehead atoms. The van der Waals surface area contributed by atoms with Crippen molar-refractivity contribution in [3.63, 3.8) is 0 Å². The fourth-order valence-corrected chi connectivity index (χ4v) is 3.99. The van der Waals surface area contributed by atoms with Crippen molar-refractivity contribution in [1.82, 2.24) is 18.7 Å². The van der Waals surface area contributed by atoms with Crippen LogP contribution in [0.25, 0.3) is 11.2 Å². The molecule has 0 saturated carbocycles. The number of aliphatic carboxylic acids is 1. The predicted molar refractivity (Wildman–Crippen MR) is 113 cm³/mol. The lowest BCUT2D eigenvalue weighted by Crippen LogP contribution is -2.42. The first-order valence-electron chi connectivity index (χ1n) is 9.68. The Bertz CT molecular complexity index is 1300. The summed E-state index contributed by atoms with van der Waals surface area (Å²) in [5.41, 5.74) is -0.255. The first kappa shape index (κ1) is 20.5. The highest BCUT2D eigenvalue weighted by Crippen LogP contribution is 2.39. The maximum absolute atomic E-state index is 13.1. The molecule has 1 unspecified atom stereocenters. The van der Waals surface area contributed by atoms with Crippen LogP contribution in [0.2, 0.25) is 0 Å². The maximum Gasteiger partial charge on any atom is 0.333 e. The van der Waals surface area contributed by atoms with Crippen LogP contribution >= 0.6 is 0 Å². The zero-order valence-electron chi connectivity index (χ0n) is 17.7. The van der Waals surface area contributed by atoms with E-state index in [1.807, 2.05) is 17.9 Å². The van der Waals surface area contributed by atoms with Gasteiger partial charge in [-0.05, 0) is 18.1 Å². The first-order chi connectivity index (χ1) is 14.8. The quantitative estimate of drug-likeness (QED) is 0.632. The molecular formula is C20H23N5O6. The van der Waals surface area contributed by atoms with E-state index in [1.54, 1.807) is 30.9 Å². The third-order valence-corrected chi connectivity index (χ3v) is 5.41. The minimum Gasteiger partial charge on any atom is -0.497 e. The number of hydrogen-bond donors (Lipinski definition) is 1. The Labute approximate surface area is 176 Å². The highest BCUT2D eigenvalue weighted by molar-refractivity contribution is 5.79. The van der Waals surface area contributed by atoms with E-state index in [2.05, 4.69) is 4.98 Å². The van der Waals surface area contributed by atoms with Crippen LogP contribution in [-0.4, -0.2) is 50.5 Å². The smallest absolute Gasteiger partial charge is 0.333 e. The molecule has 4 rings (SSSR count). The van der Waals surface area contributed by atoms with Gasteiger partial charge in [0.1, 0.15) is 18.0 Å². The van der Waals surface area contributed by atoms with E-state index in [0.29, 0.717) is 30.5 Å². The Morgan fingerprint density at radius 3 is 2.61 bits per heavy atom. The Hall–Kier alpha value is -3.76. The van der Waals surface area contributed by atoms with Gasteiger partial charge in [-0.3, -0.25) is 14.2 Å². The molecule has 0 spiro atoms. The number of anilines is 2. The van der Waals surface area contributed by atoms with E-state index in [-0.39, 0.29) is 17.1 Å². The fourth-order valence-electron chi connectivity index (χ4n) is 3.99. The number of imidazole rings is 1. The molecule has 1 atom stereocenters. The van der Waals surface area contributed by atoms with Gasteiger partial charge in [0.2, 0.25) is 5.95 Å². The molecule has 0 radical (unpaired) electrons. The van der Waals surface area contributed by atoms with Gasteiger partial charge in [-0.1, -0.05) is 6.92 Å². The molecule has 11 nitrogen and oxygen atoms in total. The lowest BCUT2D eigenvalue weighted by molar-refractivity contribution is -0.137. The standard InChI is InChI=1S/C20H23N5O6/c1-11-8-23(13-6-5-12(30-3)7-14(13)31-4)19-21-17-16(24(19)9-11)18(28)25(10-15(26)27)20(29)22(17)2/h5-7,11H,8-10H2,1-4H3,(H,26,27). The Morgan fingerprint density at radius 1 is 1.23 bits per heavy atom. The monoisotopic (exact) mass is 429 g/mol. The van der Waals surface area contributed by atoms with Crippen LogP contribution in [0, 0.1) is 5.92 Å². The highest BCUT2D eigenvalue weighted by Gasteiger charge is 2.31. The number of ether oxygens (including phenoxy) is 2. The summed E-state index contributed by atoms with van der Waals surface area (Å²) in [5.74, 6) is 0.565. The van der Waals surface area contributed by atoms with Crippen molar-refractivity contribution in [1.29, 1.82) is 0 Å². The van der Waals surface area contributed by atoms with Gasteiger partial charge in [0.15, 0.2) is 11.2 Å². The molecule has 3 heterocycles. The molecule has 0 saturated heterocycles. The third-order valence-electron chi connectivity index (χ3n) is 5.41. The highest BCUT2D eigenvalue weighted by atomic mass is 16.5. The van der Waals surface area contributed by atoms with Crippen molar-refractivity contribution < 1.29 is 19.4 Å². The second kappa shape index (κ2) is 7.49. The summed E-state index contributed by atoms with van der Waals surface area (Å²) < 4.78 is 14.5. The van der Waals surface area contributed by atoms with Crippen molar-refractivity contribution in [2.24, 2.45) is 13.0 Å². The molecule has 31 heavy (non-hydrogen) atoms. The molecule has 1 aliphatic rings. The van der Waals surface area contributed by atoms with Crippen LogP contribution in [0.5, 0.6) is 11.5 Å². The summed E-state index contributed by atoms with van der Waals surface area (Å²) in [6, 6.07) is 5.41. The molecule has 1 aliphatic heterocycles. The number of benzene rings is 1. The van der Waals surface area contributed by atoms with Crippen LogP contribution in [0.4, 0.5) is 11.6 Å². The predicted octanol–water partition coefficient (Wildman–Crippen LogP) is 0.786. The van der Waals surface area contributed by atoms with Crippen LogP contribution < -0.4 is 25.6 Å². The normalized spacial score (nSPS) is 15.7. The van der Waals surface area contributed by atoms with Gasteiger partial charge in [0.25, 0.3) is 5.56 Å². The topological polar surface area (TPSA) is 121 Å². The number of fused-ring (bicyclic) bond motifs is 3. The molecule has 1 aromatic carbocycles. The van der Waals surface area contributed by atoms with Gasteiger partial charge in [0, 0.05) is 26.2 Å². The van der Waals surface area contributed by atoms with Gasteiger partial charge < -0.3 is 24.0 Å². The van der Waals surface area contributed by atoms with E-state index in [0.717, 1.165) is 10.3 Å². The first-order valence-corrected chi connectivity index (χ1v) is 9.68. The Balaban J connectivity index is 1.99. The summed E-state index contributed by atoms with van der Waals surface area (Å²) >= 11 is 0. The summed E-state index contributed by atoms with van der Waals surface area (Å²) in [6.07, 6.45) is 0. The van der Waals surface area contributed by atoms with Crippen molar-refractivity contribution in [2.45, 2.75) is 20.0 Å². The molecule has 11 heteroatoms. The van der Waals surface area contributed by atoms with E-state index >= 15 is 0 Å². The molecule has 2 aromatic heterocycles. The summed E-state index contributed by atoms with van der Waals surface area (Å²) in [7, 11) is 4.60. The van der Waals surface area contributed by atoms with Crippen LogP contribution in [0.3, 0.4) is 0 Å². The number of carbonyl (C=O) groups is 1. The minimum atomic E-state index is -1.27. The van der Waals surface area contributed by atoms with Crippen molar-refractivity contribution >= 4 is 28.8 Å². The molecule has 1 N–H and O–H groups in total. The van der Waals surface area contributed by atoms with E-state index in [1.165, 1.54) is 11.6 Å². The van der Waals surface area contributed by atoms with E-state index < -0.39 is 23.8 Å². The number of carboxylic acid groups (broad SMARTS) is 1. The van der Waals surface area contributed by atoms with Gasteiger partial charge >= 0.3 is 11.7 Å². The van der Waals surface area contributed by atoms with Gasteiger partial charge in [-0.15, -0.1) is 0 Å². The van der Waals surface area contributed by atoms with Gasteiger partial charge in [-0.2, -0.15) is 4.98 Å². The number of nitrogens with zero attached hydrogens (tertiary/aromatic N) is 5. The maximum atomic E-state index is 13.1. The van der Waals surface area contributed by atoms with Crippen LogP contribution in [-0.2, 0) is 24.9 Å². The number of hydrogen-bond acceptors (Lipinski definition) is 7. The second-order valence-corrected chi connectivity index (χ2v) is 7.57. The molecular weight excluding hydrogens is 406 g/mol. The number of methoxy groups -OCH3 is 2. The van der Waals surface area contributed by atoms with Crippen molar-refractivity contribution in [3.8, 4) is 11.5 Å². The fraction of sp³-hybridized carbons (Fsp3) is 0.400.